The molecule has 0 radical (unpaired) electrons. The third-order valence-corrected chi connectivity index (χ3v) is 8.53. The molecule has 222 valence electrons. The molecule has 6 rings (SSSR count). The molecule has 1 aromatic carbocycles. The molecule has 4 unspecified atom stereocenters. The number of fused-ring (bicyclic) bond motifs is 2. The number of anilines is 1. The van der Waals surface area contributed by atoms with Crippen molar-refractivity contribution >= 4 is 46.5 Å². The molecule has 3 aromatic rings. The molecule has 2 aliphatic heterocycles. The van der Waals surface area contributed by atoms with Crippen molar-refractivity contribution in [3.8, 4) is 0 Å². The van der Waals surface area contributed by atoms with E-state index in [1.807, 2.05) is 0 Å². The van der Waals surface area contributed by atoms with Gasteiger partial charge in [0.05, 0.1) is 6.33 Å². The van der Waals surface area contributed by atoms with Gasteiger partial charge in [0, 0.05) is 33.9 Å². The Morgan fingerprint density at radius 2 is 1.62 bits per heavy atom. The van der Waals surface area contributed by atoms with Crippen molar-refractivity contribution in [2.45, 2.75) is 71.0 Å². The normalized spacial score (nSPS) is 24.5. The van der Waals surface area contributed by atoms with E-state index in [9.17, 15) is 14.4 Å². The zero-order chi connectivity index (χ0) is 29.6. The van der Waals surface area contributed by atoms with Gasteiger partial charge in [-0.3, -0.25) is 19.0 Å². The van der Waals surface area contributed by atoms with Gasteiger partial charge in [-0.05, 0) is 53.8 Å². The van der Waals surface area contributed by atoms with Crippen LogP contribution >= 0.6 is 11.6 Å². The first kappa shape index (κ1) is 28.4. The standard InChI is InChI=1S/C29H32ClN5O7/c1-16(36)39-14-21-23(40-17(2)37)24(41-18(3)38)27(42-21)35-15-31-22-25(32-28(30)33-26(22)35)34-10-8-29(9-11-34)12-19-6-4-5-7-20(19)13-29/h4-7,15,21,23-24,27H,8-14H2,1-3H3. The van der Waals surface area contributed by atoms with Crippen LogP contribution < -0.4 is 4.90 Å². The summed E-state index contributed by atoms with van der Waals surface area (Å²) >= 11 is 6.45. The van der Waals surface area contributed by atoms with Crippen molar-refractivity contribution in [2.24, 2.45) is 5.41 Å². The summed E-state index contributed by atoms with van der Waals surface area (Å²) in [6, 6.07) is 8.67. The van der Waals surface area contributed by atoms with Crippen LogP contribution in [0.25, 0.3) is 11.2 Å². The lowest BCUT2D eigenvalue weighted by Gasteiger charge is -2.40. The van der Waals surface area contributed by atoms with Crippen molar-refractivity contribution in [3.63, 3.8) is 0 Å². The first-order chi connectivity index (χ1) is 20.1. The highest BCUT2D eigenvalue weighted by atomic mass is 35.5. The number of esters is 3. The highest BCUT2D eigenvalue weighted by Crippen LogP contribution is 2.45. The van der Waals surface area contributed by atoms with Crippen LogP contribution in [-0.2, 0) is 46.2 Å². The molecule has 3 aliphatic rings. The van der Waals surface area contributed by atoms with Crippen molar-refractivity contribution in [3.05, 3.63) is 47.0 Å². The molecule has 0 saturated carbocycles. The number of piperidine rings is 1. The van der Waals surface area contributed by atoms with E-state index in [0.29, 0.717) is 17.0 Å². The molecule has 13 heteroatoms. The highest BCUT2D eigenvalue weighted by molar-refractivity contribution is 6.28. The van der Waals surface area contributed by atoms with Crippen LogP contribution in [0.5, 0.6) is 0 Å². The van der Waals surface area contributed by atoms with Crippen molar-refractivity contribution in [1.29, 1.82) is 0 Å². The molecule has 2 aromatic heterocycles. The number of imidazole rings is 1. The minimum atomic E-state index is -1.07. The Morgan fingerprint density at radius 3 is 2.24 bits per heavy atom. The lowest BCUT2D eigenvalue weighted by molar-refractivity contribution is -0.166. The van der Waals surface area contributed by atoms with Gasteiger partial charge in [0.15, 0.2) is 35.4 Å². The molecular formula is C29H32ClN5O7. The lowest BCUT2D eigenvalue weighted by Crippen LogP contribution is -2.41. The van der Waals surface area contributed by atoms with E-state index in [0.717, 1.165) is 38.8 Å². The Balaban J connectivity index is 1.29. The summed E-state index contributed by atoms with van der Waals surface area (Å²) in [5, 5.41) is 0.0304. The van der Waals surface area contributed by atoms with Gasteiger partial charge in [0.2, 0.25) is 5.28 Å². The van der Waals surface area contributed by atoms with Crippen LogP contribution in [0.2, 0.25) is 5.28 Å². The summed E-state index contributed by atoms with van der Waals surface area (Å²) in [6.07, 6.45) is 1.68. The van der Waals surface area contributed by atoms with Crippen LogP contribution in [0, 0.1) is 5.41 Å². The predicted molar refractivity (Wildman–Crippen MR) is 150 cm³/mol. The maximum atomic E-state index is 12.1. The fourth-order valence-electron chi connectivity index (χ4n) is 6.52. The lowest BCUT2D eigenvalue weighted by atomic mass is 9.76. The van der Waals surface area contributed by atoms with Gasteiger partial charge in [-0.2, -0.15) is 9.97 Å². The Kier molecular flexibility index (Phi) is 7.52. The molecule has 12 nitrogen and oxygen atoms in total. The van der Waals surface area contributed by atoms with E-state index in [1.165, 1.54) is 38.2 Å². The second-order valence-corrected chi connectivity index (χ2v) is 11.6. The molecule has 4 atom stereocenters. The Labute approximate surface area is 247 Å². The number of ether oxygens (including phenoxy) is 4. The summed E-state index contributed by atoms with van der Waals surface area (Å²) in [6.45, 7) is 5.11. The van der Waals surface area contributed by atoms with Gasteiger partial charge in [0.1, 0.15) is 12.7 Å². The van der Waals surface area contributed by atoms with Gasteiger partial charge in [-0.25, -0.2) is 4.98 Å². The Morgan fingerprint density at radius 1 is 0.976 bits per heavy atom. The largest absolute Gasteiger partial charge is 0.463 e. The SMILES string of the molecule is CC(=O)OCC1OC(n2cnc3c(N4CCC5(CC4)Cc4ccccc4C5)nc(Cl)nc32)C(OC(C)=O)C1OC(C)=O. The smallest absolute Gasteiger partial charge is 0.303 e. The average Bonchev–Trinajstić information content (AvgIpc) is 3.60. The van der Waals surface area contributed by atoms with Crippen LogP contribution in [0.3, 0.4) is 0 Å². The molecular weight excluding hydrogens is 566 g/mol. The summed E-state index contributed by atoms with van der Waals surface area (Å²) in [7, 11) is 0. The molecule has 2 saturated heterocycles. The number of hydrogen-bond donors (Lipinski definition) is 0. The molecule has 0 bridgehead atoms. The Bertz CT molecular complexity index is 1510. The van der Waals surface area contributed by atoms with Crippen LogP contribution in [0.1, 0.15) is 51.0 Å². The zero-order valence-electron chi connectivity index (χ0n) is 23.6. The van der Waals surface area contributed by atoms with E-state index < -0.39 is 42.4 Å². The van der Waals surface area contributed by atoms with Gasteiger partial charge in [-0.15, -0.1) is 0 Å². The van der Waals surface area contributed by atoms with Gasteiger partial charge in [0.25, 0.3) is 0 Å². The number of aromatic nitrogens is 4. The summed E-state index contributed by atoms with van der Waals surface area (Å²) < 4.78 is 24.0. The van der Waals surface area contributed by atoms with Crippen molar-refractivity contribution in [1.82, 2.24) is 19.5 Å². The molecule has 1 spiro atoms. The van der Waals surface area contributed by atoms with E-state index in [-0.39, 0.29) is 17.3 Å². The fourth-order valence-corrected chi connectivity index (χ4v) is 6.68. The average molecular weight is 598 g/mol. The third kappa shape index (κ3) is 5.40. The predicted octanol–water partition coefficient (Wildman–Crippen LogP) is 3.19. The van der Waals surface area contributed by atoms with E-state index in [4.69, 9.17) is 30.5 Å². The summed E-state index contributed by atoms with van der Waals surface area (Å²) in [5.74, 6) is -1.13. The number of halogens is 1. The molecule has 0 N–H and O–H groups in total. The van der Waals surface area contributed by atoms with E-state index in [2.05, 4.69) is 44.1 Å². The second kappa shape index (κ2) is 11.1. The maximum Gasteiger partial charge on any atom is 0.303 e. The van der Waals surface area contributed by atoms with Crippen LogP contribution in [0.15, 0.2) is 30.6 Å². The van der Waals surface area contributed by atoms with E-state index >= 15 is 0 Å². The number of carbonyl (C=O) groups excluding carboxylic acids is 3. The summed E-state index contributed by atoms with van der Waals surface area (Å²) in [5.41, 5.74) is 4.01. The molecule has 1 aliphatic carbocycles. The maximum absolute atomic E-state index is 12.1. The Hall–Kier alpha value is -3.77. The minimum Gasteiger partial charge on any atom is -0.463 e. The first-order valence-corrected chi connectivity index (χ1v) is 14.4. The van der Waals surface area contributed by atoms with Crippen LogP contribution in [0.4, 0.5) is 5.82 Å². The molecule has 42 heavy (non-hydrogen) atoms. The second-order valence-electron chi connectivity index (χ2n) is 11.3. The zero-order valence-corrected chi connectivity index (χ0v) is 24.4. The quantitative estimate of drug-likeness (QED) is 0.235. The number of carbonyl (C=O) groups is 3. The number of nitrogens with zero attached hydrogens (tertiary/aromatic N) is 5. The van der Waals surface area contributed by atoms with Crippen molar-refractivity contribution in [2.75, 3.05) is 24.6 Å². The highest BCUT2D eigenvalue weighted by Gasteiger charge is 2.51. The number of benzene rings is 1. The number of rotatable bonds is 6. The van der Waals surface area contributed by atoms with Gasteiger partial charge in [-0.1, -0.05) is 24.3 Å². The third-order valence-electron chi connectivity index (χ3n) is 8.36. The monoisotopic (exact) mass is 597 g/mol. The fraction of sp³-hybridized carbons (Fsp3) is 0.517. The molecule has 0 amide bonds. The molecule has 4 heterocycles. The van der Waals surface area contributed by atoms with Crippen LogP contribution in [-0.4, -0.2) is 75.4 Å². The topological polar surface area (TPSA) is 135 Å². The molecule has 2 fully saturated rings. The van der Waals surface area contributed by atoms with E-state index in [1.54, 1.807) is 4.57 Å². The van der Waals surface area contributed by atoms with Gasteiger partial charge >= 0.3 is 17.9 Å². The summed E-state index contributed by atoms with van der Waals surface area (Å²) in [4.78, 5) is 51.4. The number of hydrogen-bond acceptors (Lipinski definition) is 11. The van der Waals surface area contributed by atoms with Crippen molar-refractivity contribution < 1.29 is 33.3 Å². The first-order valence-electron chi connectivity index (χ1n) is 14.0. The van der Waals surface area contributed by atoms with Gasteiger partial charge < -0.3 is 23.8 Å². The minimum absolute atomic E-state index is 0.0304.